The molecule has 1 N–H and O–H groups in total. The molecule has 0 atom stereocenters. The molecule has 0 amide bonds. The maximum atomic E-state index is 8.87. The van der Waals surface area contributed by atoms with Gasteiger partial charge in [0.2, 0.25) is 5.16 Å². The molecule has 0 aliphatic carbocycles. The molecule has 0 fully saturated rings. The summed E-state index contributed by atoms with van der Waals surface area (Å²) in [5.74, 6) is 1.62. The van der Waals surface area contributed by atoms with E-state index in [-0.39, 0.29) is 6.61 Å². The van der Waals surface area contributed by atoms with Gasteiger partial charge in [-0.3, -0.25) is 0 Å². The van der Waals surface area contributed by atoms with Gasteiger partial charge in [0.1, 0.15) is 5.75 Å². The summed E-state index contributed by atoms with van der Waals surface area (Å²) >= 11 is 1.54. The van der Waals surface area contributed by atoms with Crippen LogP contribution >= 0.6 is 11.8 Å². The second kappa shape index (κ2) is 6.36. The fourth-order valence-corrected chi connectivity index (χ4v) is 2.26. The van der Waals surface area contributed by atoms with Crippen LogP contribution in [0.1, 0.15) is 5.56 Å². The van der Waals surface area contributed by atoms with Crippen LogP contribution in [0, 0.1) is 0 Å². The van der Waals surface area contributed by atoms with Gasteiger partial charge >= 0.3 is 0 Å². The van der Waals surface area contributed by atoms with Gasteiger partial charge in [0.05, 0.1) is 20.3 Å². The number of thioether (sulfide) groups is 1. The number of aliphatic hydroxyl groups excluding tert-OH is 1. The van der Waals surface area contributed by atoms with Crippen molar-refractivity contribution in [3.63, 3.8) is 0 Å². The summed E-state index contributed by atoms with van der Waals surface area (Å²) in [4.78, 5) is 0. The summed E-state index contributed by atoms with van der Waals surface area (Å²) in [5, 5.41) is 20.9. The van der Waals surface area contributed by atoms with Crippen molar-refractivity contribution in [2.24, 2.45) is 0 Å². The molecule has 0 unspecified atom stereocenters. The lowest BCUT2D eigenvalue weighted by molar-refractivity contribution is 0.262. The van der Waals surface area contributed by atoms with Gasteiger partial charge in [0, 0.05) is 5.75 Å². The standard InChI is InChI=1S/C11H14N4O2S/c1-17-10-4-2-9(3-5-10)8-18-11-12-13-14-15(11)6-7-16/h2-5,16H,6-8H2,1H3. The van der Waals surface area contributed by atoms with Gasteiger partial charge < -0.3 is 9.84 Å². The Morgan fingerprint density at radius 3 is 2.78 bits per heavy atom. The second-order valence-corrected chi connectivity index (χ2v) is 4.49. The average Bonchev–Trinajstić information content (AvgIpc) is 2.85. The minimum Gasteiger partial charge on any atom is -0.497 e. The highest BCUT2D eigenvalue weighted by molar-refractivity contribution is 7.98. The number of methoxy groups -OCH3 is 1. The molecule has 0 saturated heterocycles. The molecule has 0 radical (unpaired) electrons. The lowest BCUT2D eigenvalue weighted by Gasteiger charge is -2.03. The summed E-state index contributed by atoms with van der Waals surface area (Å²) < 4.78 is 6.69. The number of benzene rings is 1. The Balaban J connectivity index is 1.95. The van der Waals surface area contributed by atoms with Crippen molar-refractivity contribution in [1.82, 2.24) is 20.2 Å². The third-order valence-corrected chi connectivity index (χ3v) is 3.37. The summed E-state index contributed by atoms with van der Waals surface area (Å²) in [6.45, 7) is 0.444. The number of tetrazole rings is 1. The highest BCUT2D eigenvalue weighted by Gasteiger charge is 2.06. The van der Waals surface area contributed by atoms with Crippen LogP contribution in [0.4, 0.5) is 0 Å². The van der Waals surface area contributed by atoms with Crippen LogP contribution in [-0.4, -0.2) is 39.0 Å². The molecule has 7 heteroatoms. The van der Waals surface area contributed by atoms with Crippen molar-refractivity contribution in [1.29, 1.82) is 0 Å². The lowest BCUT2D eigenvalue weighted by Crippen LogP contribution is -2.05. The van der Waals surface area contributed by atoms with E-state index in [9.17, 15) is 0 Å². The van der Waals surface area contributed by atoms with Gasteiger partial charge in [-0.25, -0.2) is 4.68 Å². The Bertz CT molecular complexity index is 486. The van der Waals surface area contributed by atoms with Gasteiger partial charge in [-0.05, 0) is 28.1 Å². The molecule has 2 aromatic rings. The third-order valence-electron chi connectivity index (χ3n) is 2.34. The van der Waals surface area contributed by atoms with Crippen molar-refractivity contribution in [3.05, 3.63) is 29.8 Å². The fraction of sp³-hybridized carbons (Fsp3) is 0.364. The van der Waals surface area contributed by atoms with E-state index in [1.807, 2.05) is 24.3 Å². The zero-order valence-electron chi connectivity index (χ0n) is 9.98. The molecular formula is C11H14N4O2S. The van der Waals surface area contributed by atoms with E-state index in [4.69, 9.17) is 9.84 Å². The molecule has 1 aromatic carbocycles. The Morgan fingerprint density at radius 2 is 2.11 bits per heavy atom. The van der Waals surface area contributed by atoms with Crippen LogP contribution in [-0.2, 0) is 12.3 Å². The molecule has 0 aliphatic rings. The van der Waals surface area contributed by atoms with E-state index in [0.29, 0.717) is 11.7 Å². The molecule has 96 valence electrons. The lowest BCUT2D eigenvalue weighted by atomic mass is 10.2. The van der Waals surface area contributed by atoms with Gasteiger partial charge in [0.15, 0.2) is 0 Å². The van der Waals surface area contributed by atoms with Crippen molar-refractivity contribution in [2.75, 3.05) is 13.7 Å². The Hall–Kier alpha value is -1.60. The van der Waals surface area contributed by atoms with Crippen LogP contribution < -0.4 is 4.74 Å². The van der Waals surface area contributed by atoms with Crippen LogP contribution in [0.15, 0.2) is 29.4 Å². The van der Waals surface area contributed by atoms with E-state index in [1.165, 1.54) is 17.3 Å². The second-order valence-electron chi connectivity index (χ2n) is 3.54. The molecule has 6 nitrogen and oxygen atoms in total. The normalized spacial score (nSPS) is 10.6. The molecule has 0 aliphatic heterocycles. The first-order chi connectivity index (χ1) is 8.83. The summed E-state index contributed by atoms with van der Waals surface area (Å²) in [5.41, 5.74) is 1.17. The Morgan fingerprint density at radius 1 is 1.33 bits per heavy atom. The Kier molecular flexibility index (Phi) is 4.54. The first-order valence-corrected chi connectivity index (χ1v) is 6.45. The number of aliphatic hydroxyl groups is 1. The highest BCUT2D eigenvalue weighted by atomic mass is 32.2. The van der Waals surface area contributed by atoms with Crippen LogP contribution in [0.25, 0.3) is 0 Å². The van der Waals surface area contributed by atoms with Crippen molar-refractivity contribution < 1.29 is 9.84 Å². The van der Waals surface area contributed by atoms with Crippen molar-refractivity contribution in [3.8, 4) is 5.75 Å². The van der Waals surface area contributed by atoms with Gasteiger partial charge in [-0.1, -0.05) is 23.9 Å². The number of nitrogens with zero attached hydrogens (tertiary/aromatic N) is 4. The SMILES string of the molecule is COc1ccc(CSc2nnnn2CCO)cc1. The number of hydrogen-bond acceptors (Lipinski definition) is 6. The Labute approximate surface area is 109 Å². The average molecular weight is 266 g/mol. The predicted octanol–water partition coefficient (Wildman–Crippen LogP) is 0.966. The van der Waals surface area contributed by atoms with Crippen LogP contribution in [0.5, 0.6) is 5.75 Å². The fourth-order valence-electron chi connectivity index (χ4n) is 1.40. The first kappa shape index (κ1) is 12.8. The topological polar surface area (TPSA) is 73.1 Å². The summed E-state index contributed by atoms with van der Waals surface area (Å²) in [7, 11) is 1.65. The van der Waals surface area contributed by atoms with E-state index in [1.54, 1.807) is 11.8 Å². The van der Waals surface area contributed by atoms with Crippen molar-refractivity contribution in [2.45, 2.75) is 17.5 Å². The quantitative estimate of drug-likeness (QED) is 0.785. The molecule has 2 rings (SSSR count). The van der Waals surface area contributed by atoms with Gasteiger partial charge in [0.25, 0.3) is 0 Å². The summed E-state index contributed by atoms with van der Waals surface area (Å²) in [6, 6.07) is 7.86. The monoisotopic (exact) mass is 266 g/mol. The maximum absolute atomic E-state index is 8.87. The minimum atomic E-state index is 0.0289. The number of hydrogen-bond donors (Lipinski definition) is 1. The van der Waals surface area contributed by atoms with E-state index in [2.05, 4.69) is 15.5 Å². The number of ether oxygens (including phenoxy) is 1. The molecule has 1 heterocycles. The highest BCUT2D eigenvalue weighted by Crippen LogP contribution is 2.21. The molecule has 1 aromatic heterocycles. The summed E-state index contributed by atoms with van der Waals surface area (Å²) in [6.07, 6.45) is 0. The van der Waals surface area contributed by atoms with E-state index < -0.39 is 0 Å². The van der Waals surface area contributed by atoms with E-state index >= 15 is 0 Å². The van der Waals surface area contributed by atoms with Crippen molar-refractivity contribution >= 4 is 11.8 Å². The number of aromatic nitrogens is 4. The molecule has 18 heavy (non-hydrogen) atoms. The zero-order valence-corrected chi connectivity index (χ0v) is 10.8. The largest absolute Gasteiger partial charge is 0.497 e. The first-order valence-electron chi connectivity index (χ1n) is 5.46. The maximum Gasteiger partial charge on any atom is 0.209 e. The molecule has 0 spiro atoms. The predicted molar refractivity (Wildman–Crippen MR) is 67.5 cm³/mol. The molecular weight excluding hydrogens is 252 g/mol. The molecule has 0 saturated carbocycles. The smallest absolute Gasteiger partial charge is 0.209 e. The number of rotatable bonds is 6. The van der Waals surface area contributed by atoms with E-state index in [0.717, 1.165) is 11.5 Å². The van der Waals surface area contributed by atoms with Crippen LogP contribution in [0.3, 0.4) is 0 Å². The third kappa shape index (κ3) is 3.21. The van der Waals surface area contributed by atoms with Gasteiger partial charge in [-0.15, -0.1) is 5.10 Å². The zero-order chi connectivity index (χ0) is 12.8. The minimum absolute atomic E-state index is 0.0289. The van der Waals surface area contributed by atoms with Crippen LogP contribution in [0.2, 0.25) is 0 Å². The molecule has 0 bridgehead atoms. The van der Waals surface area contributed by atoms with Gasteiger partial charge in [-0.2, -0.15) is 0 Å².